The molecule has 1 fully saturated rings. The summed E-state index contributed by atoms with van der Waals surface area (Å²) in [4.78, 5) is 40.6. The van der Waals surface area contributed by atoms with Crippen LogP contribution >= 0.6 is 0 Å². The Hall–Kier alpha value is -3.88. The second kappa shape index (κ2) is 11.7. The number of nitrogens with one attached hydrogen (secondary N) is 2. The zero-order chi connectivity index (χ0) is 29.2. The molecular weight excluding hydrogens is 524 g/mol. The molecule has 1 saturated heterocycles. The highest BCUT2D eigenvalue weighted by molar-refractivity contribution is 5.86. The van der Waals surface area contributed by atoms with Crippen LogP contribution in [0.3, 0.4) is 0 Å². The summed E-state index contributed by atoms with van der Waals surface area (Å²) in [5, 5.41) is 26.5. The number of ether oxygens (including phenoxy) is 2. The van der Waals surface area contributed by atoms with Crippen molar-refractivity contribution >= 4 is 29.0 Å². The maximum atomic E-state index is 13.5. The summed E-state index contributed by atoms with van der Waals surface area (Å²) in [5.74, 6) is -0.533. The third-order valence-electron chi connectivity index (χ3n) is 6.26. The lowest BCUT2D eigenvalue weighted by Crippen LogP contribution is -2.56. The predicted molar refractivity (Wildman–Crippen MR) is 142 cm³/mol. The minimum atomic E-state index is -1.32. The van der Waals surface area contributed by atoms with Crippen molar-refractivity contribution in [2.45, 2.75) is 63.3 Å². The van der Waals surface area contributed by atoms with Crippen molar-refractivity contribution in [3.8, 4) is 0 Å². The van der Waals surface area contributed by atoms with E-state index in [1.807, 2.05) is 14.1 Å². The fourth-order valence-corrected chi connectivity index (χ4v) is 4.44. The van der Waals surface area contributed by atoms with E-state index < -0.39 is 60.5 Å². The number of anilines is 1. The summed E-state index contributed by atoms with van der Waals surface area (Å²) in [6, 6.07) is 3.31. The van der Waals surface area contributed by atoms with Gasteiger partial charge in [-0.2, -0.15) is 0 Å². The SMILES string of the molecule is CN(C)c1ncnc2c1ncn2[C@@H]1O[C@H](CO)[C@@H](NC(=O)[C@H](Cc2ccc([18F])cc2)NC(=O)OC(C)(C)C)[C@H]1O. The molecule has 2 aromatic heterocycles. The molecule has 13 nitrogen and oxygen atoms in total. The van der Waals surface area contributed by atoms with Crippen molar-refractivity contribution in [2.75, 3.05) is 25.6 Å². The highest BCUT2D eigenvalue weighted by Gasteiger charge is 2.46. The molecule has 0 radical (unpaired) electrons. The lowest BCUT2D eigenvalue weighted by molar-refractivity contribution is -0.125. The Morgan fingerprint density at radius 3 is 2.52 bits per heavy atom. The number of amides is 2. The summed E-state index contributed by atoms with van der Waals surface area (Å²) in [6.45, 7) is 4.55. The molecule has 14 heteroatoms. The Morgan fingerprint density at radius 2 is 1.90 bits per heavy atom. The zero-order valence-electron chi connectivity index (χ0n) is 22.9. The number of hydrogen-bond donors (Lipinski definition) is 4. The van der Waals surface area contributed by atoms with Crippen molar-refractivity contribution in [3.05, 3.63) is 48.3 Å². The van der Waals surface area contributed by atoms with Crippen molar-refractivity contribution < 1.29 is 33.7 Å². The van der Waals surface area contributed by atoms with Crippen LogP contribution in [-0.4, -0.2) is 92.3 Å². The number of nitrogens with zero attached hydrogens (tertiary/aromatic N) is 5. The van der Waals surface area contributed by atoms with Crippen molar-refractivity contribution in [1.29, 1.82) is 0 Å². The number of imidazole rings is 1. The van der Waals surface area contributed by atoms with E-state index in [9.17, 15) is 24.2 Å². The number of rotatable bonds is 8. The van der Waals surface area contributed by atoms with Crippen LogP contribution in [0.15, 0.2) is 36.9 Å². The van der Waals surface area contributed by atoms with E-state index in [0.29, 0.717) is 22.5 Å². The number of carbonyl (C=O) groups excluding carboxylic acids is 2. The third kappa shape index (κ3) is 6.46. The van der Waals surface area contributed by atoms with Gasteiger partial charge in [0, 0.05) is 20.5 Å². The molecule has 0 spiro atoms. The predicted octanol–water partition coefficient (Wildman–Crippen LogP) is 0.903. The van der Waals surface area contributed by atoms with Gasteiger partial charge in [0.2, 0.25) is 5.91 Å². The Kier molecular flexibility index (Phi) is 8.51. The molecule has 1 aromatic carbocycles. The molecule has 5 atom stereocenters. The molecule has 2 amide bonds. The first kappa shape index (κ1) is 29.1. The molecule has 3 aromatic rings. The first-order valence-corrected chi connectivity index (χ1v) is 12.7. The van der Waals surface area contributed by atoms with Crippen molar-refractivity contribution in [3.63, 3.8) is 0 Å². The quantitative estimate of drug-likeness (QED) is 0.312. The fourth-order valence-electron chi connectivity index (χ4n) is 4.44. The van der Waals surface area contributed by atoms with E-state index in [2.05, 4.69) is 25.6 Å². The van der Waals surface area contributed by atoms with Gasteiger partial charge in [0.05, 0.1) is 19.0 Å². The number of aliphatic hydroxyl groups is 2. The standard InChI is InChI=1S/C26H34FN7O6/c1-26(2,3)40-25(38)31-16(10-14-6-8-15(27)9-7-14)23(37)32-18-17(11-35)39-24(20(18)36)34-13-30-19-21(33(4)5)28-12-29-22(19)34/h6-9,12-13,16-18,20,24,35-36H,10-11H2,1-5H3,(H,31,38)(H,32,37)/t16-,17+,18+,20+,24+/m0/s1/i27-1. The topological polar surface area (TPSA) is 164 Å². The molecule has 4 rings (SSSR count). The van der Waals surface area contributed by atoms with E-state index in [1.54, 1.807) is 25.7 Å². The first-order valence-electron chi connectivity index (χ1n) is 12.7. The zero-order valence-corrected chi connectivity index (χ0v) is 22.9. The lowest BCUT2D eigenvalue weighted by Gasteiger charge is -2.26. The lowest BCUT2D eigenvalue weighted by atomic mass is 10.0. The van der Waals surface area contributed by atoms with Gasteiger partial charge in [-0.05, 0) is 38.5 Å². The van der Waals surface area contributed by atoms with Crippen LogP contribution in [0.1, 0.15) is 32.6 Å². The van der Waals surface area contributed by atoms with E-state index in [0.717, 1.165) is 0 Å². The first-order chi connectivity index (χ1) is 18.9. The van der Waals surface area contributed by atoms with E-state index in [4.69, 9.17) is 9.47 Å². The largest absolute Gasteiger partial charge is 0.444 e. The summed E-state index contributed by atoms with van der Waals surface area (Å²) < 4.78 is 26.2. The smallest absolute Gasteiger partial charge is 0.408 e. The average Bonchev–Trinajstić information content (AvgIpc) is 3.44. The Morgan fingerprint density at radius 1 is 1.20 bits per heavy atom. The molecule has 40 heavy (non-hydrogen) atoms. The highest BCUT2D eigenvalue weighted by Crippen LogP contribution is 2.32. The van der Waals surface area contributed by atoms with Crippen LogP contribution < -0.4 is 15.5 Å². The van der Waals surface area contributed by atoms with Crippen LogP contribution in [0, 0.1) is 5.82 Å². The van der Waals surface area contributed by atoms with Gasteiger partial charge in [-0.25, -0.2) is 24.1 Å². The summed E-state index contributed by atoms with van der Waals surface area (Å²) >= 11 is 0. The van der Waals surface area contributed by atoms with Crippen LogP contribution in [0.5, 0.6) is 0 Å². The number of halogens is 1. The van der Waals surface area contributed by atoms with Crippen LogP contribution in [0.4, 0.5) is 15.0 Å². The van der Waals surface area contributed by atoms with Gasteiger partial charge in [0.15, 0.2) is 23.2 Å². The molecule has 0 aliphatic carbocycles. The van der Waals surface area contributed by atoms with Gasteiger partial charge >= 0.3 is 6.09 Å². The van der Waals surface area contributed by atoms with E-state index in [1.165, 1.54) is 41.5 Å². The number of carbonyl (C=O) groups is 2. The maximum Gasteiger partial charge on any atom is 0.408 e. The van der Waals surface area contributed by atoms with Gasteiger partial charge in [0.1, 0.15) is 36.0 Å². The van der Waals surface area contributed by atoms with Crippen LogP contribution in [-0.2, 0) is 20.7 Å². The number of aliphatic hydroxyl groups excluding tert-OH is 2. The average molecular weight is 559 g/mol. The molecule has 0 unspecified atom stereocenters. The van der Waals surface area contributed by atoms with Crippen molar-refractivity contribution in [1.82, 2.24) is 30.2 Å². The molecule has 4 N–H and O–H groups in total. The Labute approximate surface area is 230 Å². The molecule has 1 aliphatic rings. The second-order valence-electron chi connectivity index (χ2n) is 10.7. The monoisotopic (exact) mass is 558 g/mol. The summed E-state index contributed by atoms with van der Waals surface area (Å²) in [6.07, 6.45) is -1.34. The third-order valence-corrected chi connectivity index (χ3v) is 6.26. The van der Waals surface area contributed by atoms with Gasteiger partial charge in [0.25, 0.3) is 0 Å². The van der Waals surface area contributed by atoms with E-state index >= 15 is 0 Å². The molecular formula is C26H34FN7O6. The highest BCUT2D eigenvalue weighted by atomic mass is 18.2. The number of fused-ring (bicyclic) bond motifs is 1. The fraction of sp³-hybridized carbons (Fsp3) is 0.500. The minimum absolute atomic E-state index is 0.0125. The Bertz CT molecular complexity index is 1340. The van der Waals surface area contributed by atoms with Gasteiger partial charge in [-0.15, -0.1) is 0 Å². The van der Waals surface area contributed by atoms with E-state index in [-0.39, 0.29) is 6.42 Å². The number of aromatic nitrogens is 4. The number of alkyl carbamates (subject to hydrolysis) is 1. The number of hydrogen-bond acceptors (Lipinski definition) is 10. The molecule has 0 saturated carbocycles. The van der Waals surface area contributed by atoms with Crippen molar-refractivity contribution in [2.24, 2.45) is 0 Å². The molecule has 216 valence electrons. The van der Waals surface area contributed by atoms with Gasteiger partial charge in [-0.3, -0.25) is 9.36 Å². The van der Waals surface area contributed by atoms with Crippen LogP contribution in [0.25, 0.3) is 11.2 Å². The second-order valence-corrected chi connectivity index (χ2v) is 10.7. The van der Waals surface area contributed by atoms with Gasteiger partial charge in [-0.1, -0.05) is 12.1 Å². The summed E-state index contributed by atoms with van der Waals surface area (Å²) in [7, 11) is 3.62. The minimum Gasteiger partial charge on any atom is -0.444 e. The molecule has 3 heterocycles. The molecule has 0 bridgehead atoms. The molecule has 1 aliphatic heterocycles. The maximum absolute atomic E-state index is 13.5. The Balaban J connectivity index is 1.56. The number of benzene rings is 1. The summed E-state index contributed by atoms with van der Waals surface area (Å²) in [5.41, 5.74) is 0.651. The van der Waals surface area contributed by atoms with Crippen LogP contribution in [0.2, 0.25) is 0 Å². The normalized spacial score (nSPS) is 21.7. The van der Waals surface area contributed by atoms with Gasteiger partial charge < -0.3 is 35.2 Å².